The van der Waals surface area contributed by atoms with Crippen molar-refractivity contribution in [3.63, 3.8) is 0 Å². The van der Waals surface area contributed by atoms with E-state index in [9.17, 15) is 0 Å². The lowest BCUT2D eigenvalue weighted by Gasteiger charge is -2.36. The molecule has 1 aromatic carbocycles. The minimum atomic E-state index is 0.178. The summed E-state index contributed by atoms with van der Waals surface area (Å²) in [7, 11) is 1.74. The largest absolute Gasteiger partial charge is 0.495 e. The lowest BCUT2D eigenvalue weighted by Crippen LogP contribution is -2.46. The maximum atomic E-state index is 5.70. The fourth-order valence-corrected chi connectivity index (χ4v) is 4.42. The molecule has 1 aromatic heterocycles. The zero-order valence-corrected chi connectivity index (χ0v) is 16.6. The Kier molecular flexibility index (Phi) is 5.97. The topological polar surface area (TPSA) is 37.0 Å². The number of ether oxygens (including phenoxy) is 1. The van der Waals surface area contributed by atoms with E-state index in [1.54, 1.807) is 18.4 Å². The van der Waals surface area contributed by atoms with Crippen LogP contribution in [0.1, 0.15) is 17.7 Å². The van der Waals surface area contributed by atoms with Crippen LogP contribution < -0.4 is 15.1 Å². The standard InChI is InChI=1S/C21H27N3O2S/c1-25-20-8-3-2-7-19(20)24-13-11-23(12-14-24)10-4-6-17-16-18(22-26-17)21-9-5-15-27-21/h2-3,5,7-9,15-17,22H,4,6,10-14H2,1H3. The smallest absolute Gasteiger partial charge is 0.142 e. The number of nitrogens with one attached hydrogen (secondary N) is 1. The van der Waals surface area contributed by atoms with E-state index in [4.69, 9.17) is 9.57 Å². The van der Waals surface area contributed by atoms with Crippen molar-refractivity contribution in [3.05, 3.63) is 52.7 Å². The zero-order chi connectivity index (χ0) is 18.5. The molecule has 1 saturated heterocycles. The third-order valence-corrected chi connectivity index (χ3v) is 6.12. The van der Waals surface area contributed by atoms with Crippen LogP contribution in [0.3, 0.4) is 0 Å². The number of piperazine rings is 1. The molecule has 4 rings (SSSR count). The summed E-state index contributed by atoms with van der Waals surface area (Å²) in [5, 5.41) is 2.09. The van der Waals surface area contributed by atoms with E-state index in [1.165, 1.54) is 10.6 Å². The molecule has 0 aliphatic carbocycles. The fourth-order valence-electron chi connectivity index (χ4n) is 3.72. The van der Waals surface area contributed by atoms with Crippen LogP contribution in [0.25, 0.3) is 5.70 Å². The second kappa shape index (κ2) is 8.78. The Balaban J connectivity index is 1.20. The first-order valence-corrected chi connectivity index (χ1v) is 10.5. The van der Waals surface area contributed by atoms with Crippen molar-refractivity contribution in [1.29, 1.82) is 0 Å². The van der Waals surface area contributed by atoms with Crippen LogP contribution in [0.15, 0.2) is 47.9 Å². The van der Waals surface area contributed by atoms with Crippen LogP contribution in [0, 0.1) is 0 Å². The Morgan fingerprint density at radius 1 is 1.15 bits per heavy atom. The molecule has 6 heteroatoms. The molecule has 0 radical (unpaired) electrons. The van der Waals surface area contributed by atoms with E-state index in [1.807, 2.05) is 12.1 Å². The van der Waals surface area contributed by atoms with Gasteiger partial charge in [0.15, 0.2) is 0 Å². The van der Waals surface area contributed by atoms with E-state index in [2.05, 4.69) is 51.0 Å². The molecule has 1 unspecified atom stereocenters. The number of hydroxylamine groups is 1. The molecule has 3 heterocycles. The summed E-state index contributed by atoms with van der Waals surface area (Å²) < 4.78 is 5.50. The van der Waals surface area contributed by atoms with Crippen molar-refractivity contribution in [2.45, 2.75) is 18.9 Å². The summed E-state index contributed by atoms with van der Waals surface area (Å²) in [5.41, 5.74) is 5.39. The quantitative estimate of drug-likeness (QED) is 0.788. The van der Waals surface area contributed by atoms with Gasteiger partial charge >= 0.3 is 0 Å². The van der Waals surface area contributed by atoms with Gasteiger partial charge in [0, 0.05) is 26.2 Å². The van der Waals surface area contributed by atoms with Gasteiger partial charge in [-0.1, -0.05) is 18.2 Å². The van der Waals surface area contributed by atoms with Gasteiger partial charge in [0.2, 0.25) is 0 Å². The maximum absolute atomic E-state index is 5.70. The fraction of sp³-hybridized carbons (Fsp3) is 0.429. The molecule has 0 saturated carbocycles. The molecule has 5 nitrogen and oxygen atoms in total. The van der Waals surface area contributed by atoms with Gasteiger partial charge in [-0.3, -0.25) is 15.2 Å². The highest BCUT2D eigenvalue weighted by Crippen LogP contribution is 2.28. The summed E-state index contributed by atoms with van der Waals surface area (Å²) in [6, 6.07) is 12.5. The highest BCUT2D eigenvalue weighted by atomic mass is 32.1. The predicted molar refractivity (Wildman–Crippen MR) is 111 cm³/mol. The summed E-state index contributed by atoms with van der Waals surface area (Å²) in [5.74, 6) is 0.963. The monoisotopic (exact) mass is 385 g/mol. The zero-order valence-electron chi connectivity index (χ0n) is 15.8. The van der Waals surface area contributed by atoms with E-state index < -0.39 is 0 Å². The number of thiophene rings is 1. The second-order valence-electron chi connectivity index (χ2n) is 6.96. The summed E-state index contributed by atoms with van der Waals surface area (Å²) in [6.45, 7) is 5.41. The third kappa shape index (κ3) is 4.46. The van der Waals surface area contributed by atoms with E-state index in [-0.39, 0.29) is 6.10 Å². The molecular weight excluding hydrogens is 358 g/mol. The highest BCUT2D eigenvalue weighted by Gasteiger charge is 2.21. The van der Waals surface area contributed by atoms with Crippen LogP contribution in [0.2, 0.25) is 0 Å². The Morgan fingerprint density at radius 2 is 2.00 bits per heavy atom. The average Bonchev–Trinajstić information content (AvgIpc) is 3.40. The molecular formula is C21H27N3O2S. The minimum Gasteiger partial charge on any atom is -0.495 e. The SMILES string of the molecule is COc1ccccc1N1CCN(CCCC2C=C(c3cccs3)NO2)CC1. The molecule has 0 spiro atoms. The molecule has 2 aliphatic heterocycles. The molecule has 1 atom stereocenters. The van der Waals surface area contributed by atoms with E-state index in [0.29, 0.717) is 0 Å². The van der Waals surface area contributed by atoms with Gasteiger partial charge in [0.05, 0.1) is 23.4 Å². The van der Waals surface area contributed by atoms with Crippen molar-refractivity contribution in [2.24, 2.45) is 0 Å². The van der Waals surface area contributed by atoms with E-state index in [0.717, 1.165) is 57.0 Å². The van der Waals surface area contributed by atoms with Crippen molar-refractivity contribution in [2.75, 3.05) is 44.7 Å². The first-order valence-electron chi connectivity index (χ1n) is 9.61. The van der Waals surface area contributed by atoms with Gasteiger partial charge in [-0.05, 0) is 49.0 Å². The van der Waals surface area contributed by atoms with Crippen LogP contribution >= 0.6 is 11.3 Å². The Hall–Kier alpha value is -2.02. The summed E-state index contributed by atoms with van der Waals surface area (Å²) in [6.07, 6.45) is 4.59. The van der Waals surface area contributed by atoms with Crippen LogP contribution in [-0.2, 0) is 4.84 Å². The molecule has 0 amide bonds. The molecule has 2 aromatic rings. The Labute approximate surface area is 165 Å². The Bertz CT molecular complexity index is 755. The predicted octanol–water partition coefficient (Wildman–Crippen LogP) is 3.60. The molecule has 1 N–H and O–H groups in total. The maximum Gasteiger partial charge on any atom is 0.142 e. The molecule has 144 valence electrons. The number of anilines is 1. The lowest BCUT2D eigenvalue weighted by molar-refractivity contribution is 0.0439. The molecule has 0 bridgehead atoms. The van der Waals surface area contributed by atoms with Gasteiger partial charge < -0.3 is 9.64 Å². The van der Waals surface area contributed by atoms with Gasteiger partial charge in [-0.25, -0.2) is 0 Å². The Morgan fingerprint density at radius 3 is 2.78 bits per heavy atom. The number of para-hydroxylation sites is 2. The first-order chi connectivity index (χ1) is 13.3. The minimum absolute atomic E-state index is 0.178. The normalized spacial score (nSPS) is 20.4. The number of rotatable bonds is 7. The van der Waals surface area contributed by atoms with Gasteiger partial charge in [0.25, 0.3) is 0 Å². The van der Waals surface area contributed by atoms with Crippen molar-refractivity contribution in [1.82, 2.24) is 10.4 Å². The molecule has 2 aliphatic rings. The second-order valence-corrected chi connectivity index (χ2v) is 7.91. The summed E-state index contributed by atoms with van der Waals surface area (Å²) in [4.78, 5) is 11.9. The average molecular weight is 386 g/mol. The van der Waals surface area contributed by atoms with Crippen molar-refractivity contribution < 1.29 is 9.57 Å². The number of benzene rings is 1. The van der Waals surface area contributed by atoms with Crippen molar-refractivity contribution in [3.8, 4) is 5.75 Å². The molecule has 27 heavy (non-hydrogen) atoms. The molecule has 1 fully saturated rings. The van der Waals surface area contributed by atoms with Crippen molar-refractivity contribution >= 4 is 22.7 Å². The first kappa shape index (κ1) is 18.3. The van der Waals surface area contributed by atoms with Gasteiger partial charge in [-0.15, -0.1) is 11.3 Å². The van der Waals surface area contributed by atoms with Crippen LogP contribution in [-0.4, -0.2) is 50.8 Å². The third-order valence-electron chi connectivity index (χ3n) is 5.22. The lowest BCUT2D eigenvalue weighted by atomic mass is 10.1. The van der Waals surface area contributed by atoms with Crippen LogP contribution in [0.4, 0.5) is 5.69 Å². The number of nitrogens with zero attached hydrogens (tertiary/aromatic N) is 2. The number of hydrogen-bond donors (Lipinski definition) is 1. The van der Waals surface area contributed by atoms with Gasteiger partial charge in [0.1, 0.15) is 11.9 Å². The number of methoxy groups -OCH3 is 1. The summed E-state index contributed by atoms with van der Waals surface area (Å²) >= 11 is 1.74. The van der Waals surface area contributed by atoms with E-state index >= 15 is 0 Å². The van der Waals surface area contributed by atoms with Gasteiger partial charge in [-0.2, -0.15) is 0 Å². The number of hydrogen-bond acceptors (Lipinski definition) is 6. The van der Waals surface area contributed by atoms with Crippen LogP contribution in [0.5, 0.6) is 5.75 Å². The highest BCUT2D eigenvalue weighted by molar-refractivity contribution is 7.11.